The Kier molecular flexibility index (Phi) is 11.6. The highest BCUT2D eigenvalue weighted by Crippen LogP contribution is 2.68. The van der Waals surface area contributed by atoms with Crippen molar-refractivity contribution in [1.29, 1.82) is 0 Å². The van der Waals surface area contributed by atoms with Crippen molar-refractivity contribution >= 4 is 12.0 Å². The lowest BCUT2D eigenvalue weighted by Crippen LogP contribution is -2.52. The van der Waals surface area contributed by atoms with Crippen molar-refractivity contribution < 1.29 is 39.8 Å². The summed E-state index contributed by atoms with van der Waals surface area (Å²) in [6.07, 6.45) is 12.1. The summed E-state index contributed by atoms with van der Waals surface area (Å²) in [6.45, 7) is 0.631. The second-order valence-corrected chi connectivity index (χ2v) is 18.3. The third kappa shape index (κ3) is 7.78. The Morgan fingerprint density at radius 3 is 2.43 bits per heavy atom. The van der Waals surface area contributed by atoms with Crippen LogP contribution in [0.4, 0.5) is 0 Å². The number of aryl methyl sites for hydroxylation is 1. The lowest BCUT2D eigenvalue weighted by atomic mass is 9.50. The molecule has 3 fully saturated rings. The van der Waals surface area contributed by atoms with Crippen LogP contribution in [0.3, 0.4) is 0 Å². The first kappa shape index (κ1) is 41.1. The molecule has 0 radical (unpaired) electrons. The summed E-state index contributed by atoms with van der Waals surface area (Å²) in [5.41, 5.74) is 11.2. The van der Waals surface area contributed by atoms with Crippen LogP contribution >= 0.6 is 0 Å². The molecule has 1 heterocycles. The number of carbonyl (C=O) groups is 1. The number of aliphatic hydroxyl groups excluding tert-OH is 1. The summed E-state index contributed by atoms with van der Waals surface area (Å²) in [4.78, 5) is 19.2. The number of phenols is 4. The van der Waals surface area contributed by atoms with Crippen molar-refractivity contribution in [3.8, 4) is 34.5 Å². The first-order valence-corrected chi connectivity index (χ1v) is 22.2. The smallest absolute Gasteiger partial charge is 0.200 e. The topological polar surface area (TPSA) is 175 Å². The number of Topliss-reactive ketones (excluding diaryl/α,β-unsaturated/α-hetero) is 1. The minimum absolute atomic E-state index is 0.00841. The van der Waals surface area contributed by atoms with Gasteiger partial charge in [-0.3, -0.25) is 15.5 Å². The van der Waals surface area contributed by atoms with Gasteiger partial charge in [-0.05, 0) is 144 Å². The summed E-state index contributed by atoms with van der Waals surface area (Å²) in [7, 11) is 0. The van der Waals surface area contributed by atoms with Gasteiger partial charge in [0.15, 0.2) is 23.0 Å². The summed E-state index contributed by atoms with van der Waals surface area (Å²) in [6, 6.07) is 24.5. The molecule has 0 amide bonds. The maximum atomic E-state index is 14.7. The highest BCUT2D eigenvalue weighted by molar-refractivity contribution is 5.83. The summed E-state index contributed by atoms with van der Waals surface area (Å²) >= 11 is 0. The van der Waals surface area contributed by atoms with Crippen LogP contribution in [-0.4, -0.2) is 56.9 Å². The van der Waals surface area contributed by atoms with E-state index in [0.29, 0.717) is 19.4 Å². The second kappa shape index (κ2) is 17.2. The predicted octanol–water partition coefficient (Wildman–Crippen LogP) is 8.71. The number of ketones is 1. The van der Waals surface area contributed by atoms with Crippen LogP contribution in [0, 0.1) is 29.6 Å². The highest BCUT2D eigenvalue weighted by atomic mass is 16.5. The van der Waals surface area contributed by atoms with E-state index >= 15 is 0 Å². The molecule has 1 aliphatic heterocycles. The number of rotatable bonds is 13. The van der Waals surface area contributed by atoms with Gasteiger partial charge in [-0.2, -0.15) is 0 Å². The van der Waals surface area contributed by atoms with E-state index in [9.17, 15) is 30.3 Å². The van der Waals surface area contributed by atoms with Gasteiger partial charge in [0.05, 0.1) is 12.6 Å². The third-order valence-electron chi connectivity index (χ3n) is 15.1. The van der Waals surface area contributed by atoms with Gasteiger partial charge in [0.25, 0.3) is 0 Å². The molecule has 10 heteroatoms. The first-order chi connectivity index (χ1) is 29.6. The Morgan fingerprint density at radius 2 is 1.67 bits per heavy atom. The van der Waals surface area contributed by atoms with E-state index in [2.05, 4.69) is 41.4 Å². The average Bonchev–Trinajstić information content (AvgIpc) is 3.67. The lowest BCUT2D eigenvalue weighted by molar-refractivity contribution is -0.136. The Bertz CT molecular complexity index is 2300. The molecule has 7 N–H and O–H groups in total. The molecule has 4 aromatic rings. The molecular formula is C51H58N2O8. The fourth-order valence-electron chi connectivity index (χ4n) is 12.6. The fraction of sp³-hybridized carbons (Fsp3) is 0.451. The molecular weight excluding hydrogens is 769 g/mol. The summed E-state index contributed by atoms with van der Waals surface area (Å²) in [5.74, 6) is -0.954. The maximum Gasteiger partial charge on any atom is 0.200 e. The van der Waals surface area contributed by atoms with Gasteiger partial charge in [0.1, 0.15) is 24.9 Å². The van der Waals surface area contributed by atoms with E-state index in [1.807, 2.05) is 12.3 Å². The summed E-state index contributed by atoms with van der Waals surface area (Å²) < 4.78 is 12.0. The number of aliphatic imine (C=N–C) groups is 1. The van der Waals surface area contributed by atoms with E-state index < -0.39 is 12.0 Å². The van der Waals surface area contributed by atoms with Crippen molar-refractivity contribution in [3.05, 3.63) is 118 Å². The number of phenolic OH excluding ortho intramolecular Hbond substituents is 4. The van der Waals surface area contributed by atoms with Crippen LogP contribution in [0.25, 0.3) is 0 Å². The van der Waals surface area contributed by atoms with Crippen LogP contribution in [0.1, 0.15) is 104 Å². The number of aliphatic hydroxyl groups is 1. The average molecular weight is 827 g/mol. The normalized spacial score (nSPS) is 27.4. The van der Waals surface area contributed by atoms with Crippen molar-refractivity contribution in [2.75, 3.05) is 13.3 Å². The lowest BCUT2D eigenvalue weighted by Gasteiger charge is -2.54. The van der Waals surface area contributed by atoms with Gasteiger partial charge in [-0.1, -0.05) is 73.9 Å². The standard InChI is InChI=1S/C51H58N2O8/c52-29-61-44-22-30(13-15-42(44)56)12-14-41(55)38-23-33(20-31-16-19-53-27-31)37-24-34-25-40(51(17-5-2-6-18-51)35-9-3-1-4-10-35)46(47(37)48(38)58)39-26-43(57)49(59)50(45(34)39)60-28-32-8-7-11-36(54)21-32/h1,3-4,7-11,13,15-16,21-22,26-27,33-34,37-38,40,46-48,54,56-59H,2,5-6,12,14,17-20,23-25,28-29,52H2/t33-,34-,37+,38+,40-,46+,47-,48+/m1/s1. The SMILES string of the molecule is NCOc1cc(CCC(=O)[C@@H]2C[C@@H](CC3=CCN=C3)[C@@H]3C[C@@H]4C[C@@H](C5(c6ccccc6)CCCCC5)[C@H](c5cc(O)c(O)c(OCc6cccc(O)c6)c54)[C@@H]3[C@H]2O)ccc1O. The van der Waals surface area contributed by atoms with Crippen LogP contribution in [0.5, 0.6) is 34.5 Å². The summed E-state index contributed by atoms with van der Waals surface area (Å²) in [5, 5.41) is 56.9. The Hall–Kier alpha value is -5.32. The minimum Gasteiger partial charge on any atom is -0.508 e. The zero-order valence-electron chi connectivity index (χ0n) is 34.7. The van der Waals surface area contributed by atoms with Crippen molar-refractivity contribution in [2.45, 2.75) is 101 Å². The van der Waals surface area contributed by atoms with Gasteiger partial charge in [-0.15, -0.1) is 0 Å². The molecule has 320 valence electrons. The Labute approximate surface area is 357 Å². The number of carbonyl (C=O) groups excluding carboxylic acids is 1. The second-order valence-electron chi connectivity index (χ2n) is 18.3. The Balaban J connectivity index is 1.16. The molecule has 10 nitrogen and oxygen atoms in total. The zero-order valence-corrected chi connectivity index (χ0v) is 34.7. The van der Waals surface area contributed by atoms with Gasteiger partial charge in [0.2, 0.25) is 5.75 Å². The molecule has 4 aromatic carbocycles. The van der Waals surface area contributed by atoms with E-state index in [1.54, 1.807) is 42.5 Å². The third-order valence-corrected chi connectivity index (χ3v) is 15.1. The number of benzene rings is 4. The maximum absolute atomic E-state index is 14.7. The van der Waals surface area contributed by atoms with E-state index in [0.717, 1.165) is 72.8 Å². The van der Waals surface area contributed by atoms with Crippen LogP contribution in [0.2, 0.25) is 0 Å². The van der Waals surface area contributed by atoms with Gasteiger partial charge in [0, 0.05) is 24.1 Å². The molecule has 61 heavy (non-hydrogen) atoms. The minimum atomic E-state index is -0.947. The predicted molar refractivity (Wildman–Crippen MR) is 233 cm³/mol. The molecule has 0 unspecified atom stereocenters. The zero-order chi connectivity index (χ0) is 42.3. The number of allylic oxidation sites excluding steroid dienone is 1. The van der Waals surface area contributed by atoms with E-state index in [1.165, 1.54) is 12.0 Å². The van der Waals surface area contributed by atoms with Crippen molar-refractivity contribution in [1.82, 2.24) is 0 Å². The van der Waals surface area contributed by atoms with Crippen LogP contribution in [-0.2, 0) is 23.2 Å². The number of ether oxygens (including phenoxy) is 2. The molecule has 2 bridgehead atoms. The first-order valence-electron chi connectivity index (χ1n) is 22.2. The number of hydrogen-bond donors (Lipinski definition) is 6. The Morgan fingerprint density at radius 1 is 0.852 bits per heavy atom. The monoisotopic (exact) mass is 826 g/mol. The number of nitrogens with two attached hydrogens (primary N) is 1. The highest BCUT2D eigenvalue weighted by Gasteiger charge is 2.60. The number of nitrogens with zero attached hydrogens (tertiary/aromatic N) is 1. The molecule has 5 aliphatic carbocycles. The molecule has 8 atom stereocenters. The molecule has 3 saturated carbocycles. The van der Waals surface area contributed by atoms with Gasteiger partial charge >= 0.3 is 0 Å². The van der Waals surface area contributed by atoms with Crippen LogP contribution < -0.4 is 15.2 Å². The largest absolute Gasteiger partial charge is 0.508 e. The molecule has 0 aromatic heterocycles. The molecule has 6 aliphatic rings. The van der Waals surface area contributed by atoms with E-state index in [4.69, 9.17) is 15.2 Å². The molecule has 0 spiro atoms. The molecule has 0 saturated heterocycles. The fourth-order valence-corrected chi connectivity index (χ4v) is 12.6. The van der Waals surface area contributed by atoms with Gasteiger partial charge < -0.3 is 35.0 Å². The number of aromatic hydroxyl groups is 4. The number of hydrogen-bond acceptors (Lipinski definition) is 10. The quantitative estimate of drug-likeness (QED) is 0.0569. The van der Waals surface area contributed by atoms with Gasteiger partial charge in [-0.25, -0.2) is 0 Å². The van der Waals surface area contributed by atoms with Crippen molar-refractivity contribution in [2.24, 2.45) is 40.3 Å². The van der Waals surface area contributed by atoms with Crippen LogP contribution in [0.15, 0.2) is 95.5 Å². The number of fused-ring (bicyclic) bond motifs is 1. The molecule has 10 rings (SSSR count). The van der Waals surface area contributed by atoms with Crippen molar-refractivity contribution in [3.63, 3.8) is 0 Å². The van der Waals surface area contributed by atoms with E-state index in [-0.39, 0.29) is 101 Å².